The third kappa shape index (κ3) is 2.28. The number of ether oxygens (including phenoxy) is 3. The highest BCUT2D eigenvalue weighted by atomic mass is 16.6. The number of allylic oxidation sites excluding steroid dienone is 1. The molecule has 0 N–H and O–H groups in total. The molecule has 0 unspecified atom stereocenters. The minimum absolute atomic E-state index is 0.131. The Balaban J connectivity index is 2.28. The van der Waals surface area contributed by atoms with Crippen molar-refractivity contribution in [3.05, 3.63) is 11.3 Å². The van der Waals surface area contributed by atoms with Gasteiger partial charge in [0.15, 0.2) is 5.57 Å². The van der Waals surface area contributed by atoms with Gasteiger partial charge in [-0.3, -0.25) is 4.79 Å². The van der Waals surface area contributed by atoms with Gasteiger partial charge in [0.2, 0.25) is 0 Å². The van der Waals surface area contributed by atoms with Gasteiger partial charge in [0.25, 0.3) is 5.78 Å². The standard InChI is InChI=1S/C12H14O6/c1-2-17-11(14)8-9(13)12(15)18-10(8)7-3-5-16-6-4-7/h7H,2-6H2,1H3. The lowest BCUT2D eigenvalue weighted by molar-refractivity contribution is -0.148. The van der Waals surface area contributed by atoms with Crippen LogP contribution < -0.4 is 0 Å². The van der Waals surface area contributed by atoms with E-state index in [1.54, 1.807) is 6.92 Å². The van der Waals surface area contributed by atoms with E-state index in [0.717, 1.165) is 0 Å². The number of Topliss-reactive ketones (excluding diaryl/α,β-unsaturated/α-hetero) is 1. The molecule has 2 aliphatic rings. The average Bonchev–Trinajstić information content (AvgIpc) is 2.67. The highest BCUT2D eigenvalue weighted by molar-refractivity contribution is 6.48. The molecule has 0 aromatic rings. The lowest BCUT2D eigenvalue weighted by atomic mass is 9.94. The van der Waals surface area contributed by atoms with E-state index in [4.69, 9.17) is 14.2 Å². The molecular formula is C12H14O6. The third-order valence-corrected chi connectivity index (χ3v) is 2.93. The molecule has 0 aromatic carbocycles. The van der Waals surface area contributed by atoms with Gasteiger partial charge in [-0.1, -0.05) is 0 Å². The summed E-state index contributed by atoms with van der Waals surface area (Å²) in [5.74, 6) is -2.66. The first kappa shape index (κ1) is 12.8. The zero-order valence-corrected chi connectivity index (χ0v) is 10.1. The summed E-state index contributed by atoms with van der Waals surface area (Å²) in [6.45, 7) is 2.82. The molecule has 0 radical (unpaired) electrons. The number of esters is 2. The fourth-order valence-electron chi connectivity index (χ4n) is 2.05. The van der Waals surface area contributed by atoms with Crippen molar-refractivity contribution in [2.45, 2.75) is 19.8 Å². The maximum atomic E-state index is 11.7. The minimum atomic E-state index is -1.00. The summed E-state index contributed by atoms with van der Waals surface area (Å²) in [4.78, 5) is 34.6. The molecule has 6 heteroatoms. The van der Waals surface area contributed by atoms with E-state index < -0.39 is 17.7 Å². The zero-order chi connectivity index (χ0) is 13.1. The summed E-state index contributed by atoms with van der Waals surface area (Å²) in [5, 5.41) is 0. The predicted molar refractivity (Wildman–Crippen MR) is 58.3 cm³/mol. The number of carbonyl (C=O) groups excluding carboxylic acids is 3. The molecule has 1 saturated heterocycles. The molecule has 0 aliphatic carbocycles. The van der Waals surface area contributed by atoms with Crippen LogP contribution in [0.25, 0.3) is 0 Å². The van der Waals surface area contributed by atoms with E-state index in [1.807, 2.05) is 0 Å². The number of ketones is 1. The maximum absolute atomic E-state index is 11.7. The normalized spacial score (nSPS) is 21.2. The van der Waals surface area contributed by atoms with E-state index in [2.05, 4.69) is 0 Å². The molecule has 6 nitrogen and oxygen atoms in total. The van der Waals surface area contributed by atoms with Crippen LogP contribution in [0.3, 0.4) is 0 Å². The van der Waals surface area contributed by atoms with Crippen molar-refractivity contribution < 1.29 is 28.6 Å². The monoisotopic (exact) mass is 254 g/mol. The summed E-state index contributed by atoms with van der Waals surface area (Å²) >= 11 is 0. The molecule has 2 heterocycles. The summed E-state index contributed by atoms with van der Waals surface area (Å²) in [6.07, 6.45) is 1.25. The Labute approximate surface area is 104 Å². The first-order valence-corrected chi connectivity index (χ1v) is 5.90. The zero-order valence-electron chi connectivity index (χ0n) is 10.1. The average molecular weight is 254 g/mol. The molecule has 98 valence electrons. The van der Waals surface area contributed by atoms with Crippen LogP contribution in [0.15, 0.2) is 11.3 Å². The number of rotatable bonds is 3. The van der Waals surface area contributed by atoms with Gasteiger partial charge in [0, 0.05) is 19.1 Å². The largest absolute Gasteiger partial charge is 0.462 e. The van der Waals surface area contributed by atoms with Crippen LogP contribution in [0.2, 0.25) is 0 Å². The molecule has 2 aliphatic heterocycles. The maximum Gasteiger partial charge on any atom is 0.385 e. The highest BCUT2D eigenvalue weighted by Gasteiger charge is 2.42. The van der Waals surface area contributed by atoms with Gasteiger partial charge in [0.1, 0.15) is 5.76 Å². The van der Waals surface area contributed by atoms with E-state index in [0.29, 0.717) is 26.1 Å². The molecule has 0 saturated carbocycles. The van der Waals surface area contributed by atoms with Crippen molar-refractivity contribution in [1.82, 2.24) is 0 Å². The minimum Gasteiger partial charge on any atom is -0.462 e. The summed E-state index contributed by atoms with van der Waals surface area (Å²) in [5.41, 5.74) is -0.242. The van der Waals surface area contributed by atoms with Crippen LogP contribution in [0.4, 0.5) is 0 Å². The second-order valence-electron chi connectivity index (χ2n) is 4.07. The number of carbonyl (C=O) groups is 3. The SMILES string of the molecule is CCOC(=O)C1=C(C2CCOCC2)OC(=O)C1=O. The molecule has 2 rings (SSSR count). The van der Waals surface area contributed by atoms with E-state index >= 15 is 0 Å². The van der Waals surface area contributed by atoms with Crippen molar-refractivity contribution in [2.75, 3.05) is 19.8 Å². The second-order valence-corrected chi connectivity index (χ2v) is 4.07. The van der Waals surface area contributed by atoms with Crippen LogP contribution in [-0.4, -0.2) is 37.5 Å². The van der Waals surface area contributed by atoms with E-state index in [9.17, 15) is 14.4 Å². The lowest BCUT2D eigenvalue weighted by Gasteiger charge is -2.22. The molecule has 1 fully saturated rings. The van der Waals surface area contributed by atoms with Gasteiger partial charge in [0.05, 0.1) is 6.61 Å². The molecule has 0 atom stereocenters. The molecule has 18 heavy (non-hydrogen) atoms. The van der Waals surface area contributed by atoms with Crippen LogP contribution in [-0.2, 0) is 28.6 Å². The first-order valence-electron chi connectivity index (χ1n) is 5.90. The van der Waals surface area contributed by atoms with Gasteiger partial charge in [-0.05, 0) is 19.8 Å². The van der Waals surface area contributed by atoms with Gasteiger partial charge < -0.3 is 14.2 Å². The molecule has 0 amide bonds. The van der Waals surface area contributed by atoms with Crippen molar-refractivity contribution >= 4 is 17.7 Å². The quantitative estimate of drug-likeness (QED) is 0.411. The van der Waals surface area contributed by atoms with E-state index in [-0.39, 0.29) is 23.9 Å². The topological polar surface area (TPSA) is 78.9 Å². The number of hydrogen-bond acceptors (Lipinski definition) is 6. The summed E-state index contributed by atoms with van der Waals surface area (Å²) in [7, 11) is 0. The summed E-state index contributed by atoms with van der Waals surface area (Å²) < 4.78 is 14.9. The van der Waals surface area contributed by atoms with Crippen LogP contribution in [0.1, 0.15) is 19.8 Å². The Morgan fingerprint density at radius 3 is 2.61 bits per heavy atom. The van der Waals surface area contributed by atoms with Crippen LogP contribution >= 0.6 is 0 Å². The Morgan fingerprint density at radius 2 is 2.00 bits per heavy atom. The fraction of sp³-hybridized carbons (Fsp3) is 0.583. The third-order valence-electron chi connectivity index (χ3n) is 2.93. The molecule has 0 aromatic heterocycles. The van der Waals surface area contributed by atoms with Crippen molar-refractivity contribution in [3.63, 3.8) is 0 Å². The van der Waals surface area contributed by atoms with E-state index in [1.165, 1.54) is 0 Å². The first-order chi connectivity index (χ1) is 8.65. The molecular weight excluding hydrogens is 240 g/mol. The van der Waals surface area contributed by atoms with Gasteiger partial charge in [-0.25, -0.2) is 9.59 Å². The van der Waals surface area contributed by atoms with Gasteiger partial charge in [-0.15, -0.1) is 0 Å². The predicted octanol–water partition coefficient (Wildman–Crippen LogP) is 0.356. The smallest absolute Gasteiger partial charge is 0.385 e. The number of hydrogen-bond donors (Lipinski definition) is 0. The fourth-order valence-corrected chi connectivity index (χ4v) is 2.05. The molecule has 0 bridgehead atoms. The Bertz CT molecular complexity index is 416. The van der Waals surface area contributed by atoms with Crippen molar-refractivity contribution in [2.24, 2.45) is 5.92 Å². The Hall–Kier alpha value is -1.69. The Morgan fingerprint density at radius 1 is 1.33 bits per heavy atom. The van der Waals surface area contributed by atoms with Gasteiger partial charge >= 0.3 is 11.9 Å². The number of cyclic esters (lactones) is 1. The second kappa shape index (κ2) is 5.30. The van der Waals surface area contributed by atoms with Crippen molar-refractivity contribution in [1.29, 1.82) is 0 Å². The molecule has 0 spiro atoms. The van der Waals surface area contributed by atoms with Crippen LogP contribution in [0.5, 0.6) is 0 Å². The van der Waals surface area contributed by atoms with Crippen LogP contribution in [0, 0.1) is 5.92 Å². The lowest BCUT2D eigenvalue weighted by Crippen LogP contribution is -2.21. The van der Waals surface area contributed by atoms with Gasteiger partial charge in [-0.2, -0.15) is 0 Å². The summed E-state index contributed by atoms with van der Waals surface area (Å²) in [6, 6.07) is 0. The van der Waals surface area contributed by atoms with Crippen molar-refractivity contribution in [3.8, 4) is 0 Å². The highest BCUT2D eigenvalue weighted by Crippen LogP contribution is 2.31. The Kier molecular flexibility index (Phi) is 3.76.